The molecular formula is C8H12ClN3OS. The average Bonchev–Trinajstić information content (AvgIpc) is 2.21. The first-order valence-corrected chi connectivity index (χ1v) is 5.41. The van der Waals surface area contributed by atoms with Gasteiger partial charge in [0.15, 0.2) is 0 Å². The van der Waals surface area contributed by atoms with Gasteiger partial charge in [0.1, 0.15) is 5.03 Å². The topological polar surface area (TPSA) is 58.0 Å². The van der Waals surface area contributed by atoms with Crippen LogP contribution in [0.5, 0.6) is 0 Å². The van der Waals surface area contributed by atoms with E-state index in [4.69, 9.17) is 16.7 Å². The molecule has 1 rings (SSSR count). The molecule has 6 heteroatoms. The number of anilines is 1. The largest absolute Gasteiger partial charge is 0.395 e. The Labute approximate surface area is 92.1 Å². The molecule has 4 nitrogen and oxygen atoms in total. The first-order valence-electron chi connectivity index (χ1n) is 4.15. The average molecular weight is 234 g/mol. The van der Waals surface area contributed by atoms with Gasteiger partial charge in [0, 0.05) is 12.3 Å². The Morgan fingerprint density at radius 3 is 3.00 bits per heavy atom. The van der Waals surface area contributed by atoms with Gasteiger partial charge in [0.2, 0.25) is 5.95 Å². The highest BCUT2D eigenvalue weighted by Gasteiger charge is 2.09. The van der Waals surface area contributed by atoms with Crippen molar-refractivity contribution in [2.24, 2.45) is 0 Å². The summed E-state index contributed by atoms with van der Waals surface area (Å²) in [7, 11) is 1.74. The van der Waals surface area contributed by atoms with E-state index in [-0.39, 0.29) is 11.9 Å². The Kier molecular flexibility index (Phi) is 4.44. The van der Waals surface area contributed by atoms with E-state index in [9.17, 15) is 0 Å². The minimum absolute atomic E-state index is 0.0760. The minimum atomic E-state index is 0.0760. The van der Waals surface area contributed by atoms with Crippen LogP contribution in [-0.4, -0.2) is 34.0 Å². The van der Waals surface area contributed by atoms with Crippen LogP contribution >= 0.6 is 23.4 Å². The van der Waals surface area contributed by atoms with Crippen LogP contribution in [0.1, 0.15) is 6.92 Å². The zero-order valence-corrected chi connectivity index (χ0v) is 9.56. The molecule has 0 saturated carbocycles. The number of hydrogen-bond donors (Lipinski definition) is 2. The molecule has 2 N–H and O–H groups in total. The van der Waals surface area contributed by atoms with Gasteiger partial charge in [0.05, 0.1) is 17.8 Å². The molecule has 14 heavy (non-hydrogen) atoms. The van der Waals surface area contributed by atoms with Gasteiger partial charge in [-0.3, -0.25) is 0 Å². The second-order valence-electron chi connectivity index (χ2n) is 2.71. The van der Waals surface area contributed by atoms with E-state index in [2.05, 4.69) is 15.3 Å². The molecule has 78 valence electrons. The standard InChI is InChI=1S/C8H12ClN3OS/c1-5(4-13)14-7-6(9)3-11-8(10-2)12-7/h3,5,13H,4H2,1-2H3,(H,10,11,12). The third-order valence-corrected chi connectivity index (χ3v) is 2.98. The highest BCUT2D eigenvalue weighted by Crippen LogP contribution is 2.28. The maximum atomic E-state index is 8.89. The van der Waals surface area contributed by atoms with E-state index < -0.39 is 0 Å². The second kappa shape index (κ2) is 5.38. The monoisotopic (exact) mass is 233 g/mol. The van der Waals surface area contributed by atoms with Crippen LogP contribution in [0.25, 0.3) is 0 Å². The van der Waals surface area contributed by atoms with Crippen molar-refractivity contribution >= 4 is 29.3 Å². The van der Waals surface area contributed by atoms with Crippen molar-refractivity contribution in [2.75, 3.05) is 19.0 Å². The Balaban J connectivity index is 2.83. The normalized spacial score (nSPS) is 12.6. The van der Waals surface area contributed by atoms with Crippen LogP contribution in [-0.2, 0) is 0 Å². The third-order valence-electron chi connectivity index (χ3n) is 1.51. The lowest BCUT2D eigenvalue weighted by Gasteiger charge is -2.08. The van der Waals surface area contributed by atoms with Crippen LogP contribution in [0.15, 0.2) is 11.2 Å². The van der Waals surface area contributed by atoms with Gasteiger partial charge in [-0.2, -0.15) is 0 Å². The summed E-state index contributed by atoms with van der Waals surface area (Å²) in [5, 5.41) is 13.0. The fourth-order valence-electron chi connectivity index (χ4n) is 0.782. The van der Waals surface area contributed by atoms with Crippen molar-refractivity contribution < 1.29 is 5.11 Å². The summed E-state index contributed by atoms with van der Waals surface area (Å²) >= 11 is 7.33. The number of hydrogen-bond acceptors (Lipinski definition) is 5. The molecule has 0 fully saturated rings. The van der Waals surface area contributed by atoms with Gasteiger partial charge in [-0.05, 0) is 0 Å². The summed E-state index contributed by atoms with van der Waals surface area (Å²) in [6, 6.07) is 0. The van der Waals surface area contributed by atoms with Gasteiger partial charge in [0.25, 0.3) is 0 Å². The maximum absolute atomic E-state index is 8.89. The lowest BCUT2D eigenvalue weighted by atomic mass is 10.5. The van der Waals surface area contributed by atoms with Crippen molar-refractivity contribution in [1.29, 1.82) is 0 Å². The number of nitrogens with one attached hydrogen (secondary N) is 1. The quantitative estimate of drug-likeness (QED) is 0.612. The summed E-state index contributed by atoms with van der Waals surface area (Å²) in [6.45, 7) is 2.00. The van der Waals surface area contributed by atoms with E-state index >= 15 is 0 Å². The molecule has 1 heterocycles. The van der Waals surface area contributed by atoms with E-state index in [1.165, 1.54) is 11.8 Å². The Morgan fingerprint density at radius 2 is 2.43 bits per heavy atom. The number of rotatable bonds is 4. The zero-order valence-electron chi connectivity index (χ0n) is 7.99. The van der Waals surface area contributed by atoms with Crippen LogP contribution in [0.2, 0.25) is 5.02 Å². The third kappa shape index (κ3) is 3.01. The van der Waals surface area contributed by atoms with Crippen molar-refractivity contribution in [1.82, 2.24) is 9.97 Å². The van der Waals surface area contributed by atoms with E-state index in [1.807, 2.05) is 6.92 Å². The van der Waals surface area contributed by atoms with E-state index in [1.54, 1.807) is 13.2 Å². The molecule has 0 amide bonds. The Bertz CT molecular complexity index is 311. The molecule has 1 atom stereocenters. The molecule has 1 unspecified atom stereocenters. The SMILES string of the molecule is CNc1ncc(Cl)c(SC(C)CO)n1. The lowest BCUT2D eigenvalue weighted by Crippen LogP contribution is -2.04. The van der Waals surface area contributed by atoms with Gasteiger partial charge >= 0.3 is 0 Å². The second-order valence-corrected chi connectivity index (χ2v) is 4.54. The number of thioether (sulfide) groups is 1. The zero-order chi connectivity index (χ0) is 10.6. The maximum Gasteiger partial charge on any atom is 0.223 e. The molecule has 0 spiro atoms. The summed E-state index contributed by atoms with van der Waals surface area (Å²) < 4.78 is 0. The van der Waals surface area contributed by atoms with E-state index in [0.717, 1.165) is 0 Å². The molecule has 0 aromatic carbocycles. The molecule has 0 aliphatic heterocycles. The lowest BCUT2D eigenvalue weighted by molar-refractivity contribution is 0.300. The van der Waals surface area contributed by atoms with Crippen LogP contribution < -0.4 is 5.32 Å². The molecule has 1 aromatic rings. The summed E-state index contributed by atoms with van der Waals surface area (Å²) in [4.78, 5) is 8.14. The highest BCUT2D eigenvalue weighted by atomic mass is 35.5. The summed E-state index contributed by atoms with van der Waals surface area (Å²) in [5.74, 6) is 0.530. The van der Waals surface area contributed by atoms with Crippen LogP contribution in [0.4, 0.5) is 5.95 Å². The number of halogens is 1. The number of aromatic nitrogens is 2. The smallest absolute Gasteiger partial charge is 0.223 e. The van der Waals surface area contributed by atoms with Crippen molar-refractivity contribution in [3.8, 4) is 0 Å². The number of nitrogens with zero attached hydrogens (tertiary/aromatic N) is 2. The van der Waals surface area contributed by atoms with Gasteiger partial charge < -0.3 is 10.4 Å². The van der Waals surface area contributed by atoms with Crippen LogP contribution in [0, 0.1) is 0 Å². The molecule has 0 radical (unpaired) electrons. The number of aliphatic hydroxyl groups excluding tert-OH is 1. The fourth-order valence-corrected chi connectivity index (χ4v) is 1.77. The van der Waals surface area contributed by atoms with Crippen molar-refractivity contribution in [3.63, 3.8) is 0 Å². The van der Waals surface area contributed by atoms with Gasteiger partial charge in [-0.15, -0.1) is 0 Å². The predicted molar refractivity (Wildman–Crippen MR) is 59.0 cm³/mol. The molecule has 0 aliphatic carbocycles. The van der Waals surface area contributed by atoms with Crippen molar-refractivity contribution in [2.45, 2.75) is 17.2 Å². The molecule has 1 aromatic heterocycles. The predicted octanol–water partition coefficient (Wildman–Crippen LogP) is 1.64. The molecular weight excluding hydrogens is 222 g/mol. The van der Waals surface area contributed by atoms with E-state index in [0.29, 0.717) is 16.0 Å². The molecule has 0 saturated heterocycles. The number of aliphatic hydroxyl groups is 1. The minimum Gasteiger partial charge on any atom is -0.395 e. The Morgan fingerprint density at radius 1 is 1.71 bits per heavy atom. The molecule has 0 bridgehead atoms. The first kappa shape index (κ1) is 11.6. The van der Waals surface area contributed by atoms with Gasteiger partial charge in [-0.25, -0.2) is 9.97 Å². The highest BCUT2D eigenvalue weighted by molar-refractivity contribution is 8.00. The first-order chi connectivity index (χ1) is 6.67. The fraction of sp³-hybridized carbons (Fsp3) is 0.500. The van der Waals surface area contributed by atoms with Crippen LogP contribution in [0.3, 0.4) is 0 Å². The molecule has 0 aliphatic rings. The Hall–Kier alpha value is -0.520. The summed E-state index contributed by atoms with van der Waals surface area (Å²) in [6.07, 6.45) is 1.55. The van der Waals surface area contributed by atoms with Gasteiger partial charge in [-0.1, -0.05) is 30.3 Å². The van der Waals surface area contributed by atoms with Crippen molar-refractivity contribution in [3.05, 3.63) is 11.2 Å². The summed E-state index contributed by atoms with van der Waals surface area (Å²) in [5.41, 5.74) is 0.